The summed E-state index contributed by atoms with van der Waals surface area (Å²) in [6.45, 7) is 4.09. The van der Waals surface area contributed by atoms with Crippen LogP contribution in [0.1, 0.15) is 25.3 Å². The molecule has 18 heavy (non-hydrogen) atoms. The van der Waals surface area contributed by atoms with E-state index in [1.54, 1.807) is 6.07 Å². The molecule has 2 aliphatic rings. The smallest absolute Gasteiger partial charge is 0.146 e. The third kappa shape index (κ3) is 2.05. The lowest BCUT2D eigenvalue weighted by molar-refractivity contribution is 0.398. The number of allylic oxidation sites excluding steroid dienone is 2. The molecule has 1 N–H and O–H groups in total. The quantitative estimate of drug-likeness (QED) is 0.789. The van der Waals surface area contributed by atoms with Gasteiger partial charge in [0.1, 0.15) is 5.82 Å². The van der Waals surface area contributed by atoms with Crippen molar-refractivity contribution in [1.82, 2.24) is 0 Å². The minimum atomic E-state index is -0.138. The fourth-order valence-corrected chi connectivity index (χ4v) is 3.49. The Morgan fingerprint density at radius 2 is 2.11 bits per heavy atom. The number of aryl methyl sites for hydroxylation is 1. The number of hydrogen-bond donors (Lipinski definition) is 1. The molecule has 0 spiro atoms. The van der Waals surface area contributed by atoms with Crippen molar-refractivity contribution in [3.05, 3.63) is 41.7 Å². The van der Waals surface area contributed by atoms with Crippen LogP contribution in [0, 0.1) is 30.5 Å². The first-order valence-electron chi connectivity index (χ1n) is 6.84. The highest BCUT2D eigenvalue weighted by Gasteiger charge is 2.38. The van der Waals surface area contributed by atoms with Gasteiger partial charge >= 0.3 is 0 Å². The van der Waals surface area contributed by atoms with Crippen LogP contribution in [0.3, 0.4) is 0 Å². The molecule has 0 aliphatic heterocycles. The van der Waals surface area contributed by atoms with Crippen molar-refractivity contribution < 1.29 is 4.39 Å². The highest BCUT2D eigenvalue weighted by Crippen LogP contribution is 2.45. The Bertz CT molecular complexity index is 480. The summed E-state index contributed by atoms with van der Waals surface area (Å²) in [7, 11) is 0. The van der Waals surface area contributed by atoms with Crippen LogP contribution in [0.25, 0.3) is 0 Å². The number of nitrogens with one attached hydrogen (secondary N) is 1. The number of hydrogen-bond acceptors (Lipinski definition) is 1. The second-order valence-electron chi connectivity index (χ2n) is 5.86. The number of halogens is 1. The maximum absolute atomic E-state index is 13.8. The van der Waals surface area contributed by atoms with E-state index in [0.29, 0.717) is 23.6 Å². The van der Waals surface area contributed by atoms with Crippen molar-refractivity contribution >= 4 is 5.69 Å². The molecule has 1 saturated carbocycles. The second-order valence-corrected chi connectivity index (χ2v) is 5.86. The predicted molar refractivity (Wildman–Crippen MR) is 73.1 cm³/mol. The fourth-order valence-electron chi connectivity index (χ4n) is 3.49. The van der Waals surface area contributed by atoms with Gasteiger partial charge in [-0.25, -0.2) is 4.39 Å². The molecule has 2 aliphatic carbocycles. The van der Waals surface area contributed by atoms with Crippen molar-refractivity contribution in [2.24, 2.45) is 17.8 Å². The molecule has 1 aromatic rings. The molecule has 4 unspecified atom stereocenters. The van der Waals surface area contributed by atoms with Crippen molar-refractivity contribution in [2.45, 2.75) is 32.7 Å². The summed E-state index contributed by atoms with van der Waals surface area (Å²) in [5.74, 6) is 1.99. The van der Waals surface area contributed by atoms with Crippen molar-refractivity contribution in [3.63, 3.8) is 0 Å². The first-order chi connectivity index (χ1) is 8.63. The topological polar surface area (TPSA) is 12.0 Å². The van der Waals surface area contributed by atoms with Crippen molar-refractivity contribution in [1.29, 1.82) is 0 Å². The standard InChI is InChI=1S/C16H20FN/c1-10-3-6-16(15(17)7-10)18-11(2)14-9-12-4-5-13(14)8-12/h3-7,11-14,18H,8-9H2,1-2H3. The van der Waals surface area contributed by atoms with Crippen molar-refractivity contribution in [3.8, 4) is 0 Å². The van der Waals surface area contributed by atoms with Gasteiger partial charge in [-0.3, -0.25) is 0 Å². The van der Waals surface area contributed by atoms with Crippen molar-refractivity contribution in [2.75, 3.05) is 5.32 Å². The second kappa shape index (κ2) is 4.42. The monoisotopic (exact) mass is 245 g/mol. The molecular formula is C16H20FN. The van der Waals surface area contributed by atoms with Gasteiger partial charge in [0.15, 0.2) is 0 Å². The lowest BCUT2D eigenvalue weighted by Gasteiger charge is -2.27. The Kier molecular flexibility index (Phi) is 2.89. The third-order valence-electron chi connectivity index (χ3n) is 4.48. The summed E-state index contributed by atoms with van der Waals surface area (Å²) in [6.07, 6.45) is 7.25. The zero-order valence-corrected chi connectivity index (χ0v) is 11.0. The van der Waals surface area contributed by atoms with Gasteiger partial charge in [0.2, 0.25) is 0 Å². The molecular weight excluding hydrogens is 225 g/mol. The minimum absolute atomic E-state index is 0.138. The van der Waals surface area contributed by atoms with Gasteiger partial charge in [-0.2, -0.15) is 0 Å². The van der Waals surface area contributed by atoms with E-state index >= 15 is 0 Å². The van der Waals surface area contributed by atoms with Crippen LogP contribution in [0.4, 0.5) is 10.1 Å². The number of fused-ring (bicyclic) bond motifs is 2. The SMILES string of the molecule is Cc1ccc(NC(C)C2CC3C=CC2C3)c(F)c1. The molecule has 0 heterocycles. The Hall–Kier alpha value is -1.31. The van der Waals surface area contributed by atoms with Crippen LogP contribution in [0.15, 0.2) is 30.4 Å². The summed E-state index contributed by atoms with van der Waals surface area (Å²) >= 11 is 0. The lowest BCUT2D eigenvalue weighted by Crippen LogP contribution is -2.29. The van der Waals surface area contributed by atoms with Gasteiger partial charge in [0, 0.05) is 6.04 Å². The molecule has 3 rings (SSSR count). The third-order valence-corrected chi connectivity index (χ3v) is 4.48. The Balaban J connectivity index is 1.71. The van der Waals surface area contributed by atoms with E-state index in [0.717, 1.165) is 11.5 Å². The van der Waals surface area contributed by atoms with E-state index in [9.17, 15) is 4.39 Å². The summed E-state index contributed by atoms with van der Waals surface area (Å²) in [5.41, 5.74) is 1.61. The summed E-state index contributed by atoms with van der Waals surface area (Å²) in [6, 6.07) is 5.74. The highest BCUT2D eigenvalue weighted by molar-refractivity contribution is 5.47. The van der Waals surface area contributed by atoms with E-state index < -0.39 is 0 Å². The van der Waals surface area contributed by atoms with Crippen LogP contribution in [-0.2, 0) is 0 Å². The number of benzene rings is 1. The maximum atomic E-state index is 13.8. The zero-order chi connectivity index (χ0) is 12.7. The molecule has 1 nitrogen and oxygen atoms in total. The Morgan fingerprint density at radius 1 is 1.28 bits per heavy atom. The first kappa shape index (κ1) is 11.8. The largest absolute Gasteiger partial charge is 0.380 e. The van der Waals surface area contributed by atoms with Gasteiger partial charge in [0.05, 0.1) is 5.69 Å². The molecule has 2 bridgehead atoms. The van der Waals surface area contributed by atoms with Gasteiger partial charge in [-0.1, -0.05) is 18.2 Å². The molecule has 0 radical (unpaired) electrons. The Morgan fingerprint density at radius 3 is 2.72 bits per heavy atom. The van der Waals surface area contributed by atoms with Gasteiger partial charge in [-0.15, -0.1) is 0 Å². The first-order valence-corrected chi connectivity index (χ1v) is 6.84. The molecule has 0 saturated heterocycles. The van der Waals surface area contributed by atoms with Crippen LogP contribution < -0.4 is 5.32 Å². The maximum Gasteiger partial charge on any atom is 0.146 e. The van der Waals surface area contributed by atoms with E-state index in [4.69, 9.17) is 0 Å². The molecule has 1 aromatic carbocycles. The summed E-state index contributed by atoms with van der Waals surface area (Å²) in [5, 5.41) is 3.36. The summed E-state index contributed by atoms with van der Waals surface area (Å²) < 4.78 is 13.8. The van der Waals surface area contributed by atoms with Crippen LogP contribution >= 0.6 is 0 Å². The van der Waals surface area contributed by atoms with E-state index in [1.165, 1.54) is 12.8 Å². The molecule has 0 aromatic heterocycles. The van der Waals surface area contributed by atoms with Gasteiger partial charge in [-0.05, 0) is 62.1 Å². The van der Waals surface area contributed by atoms with Crippen LogP contribution in [0.2, 0.25) is 0 Å². The molecule has 2 heteroatoms. The van der Waals surface area contributed by atoms with Crippen LogP contribution in [0.5, 0.6) is 0 Å². The average Bonchev–Trinajstić information content (AvgIpc) is 2.94. The van der Waals surface area contributed by atoms with E-state index in [1.807, 2.05) is 19.1 Å². The van der Waals surface area contributed by atoms with Gasteiger partial charge in [0.25, 0.3) is 0 Å². The average molecular weight is 245 g/mol. The Labute approximate surface area is 108 Å². The predicted octanol–water partition coefficient (Wildman–Crippen LogP) is 4.15. The minimum Gasteiger partial charge on any atom is -0.380 e. The lowest BCUT2D eigenvalue weighted by atomic mass is 9.87. The summed E-state index contributed by atoms with van der Waals surface area (Å²) in [4.78, 5) is 0. The molecule has 4 atom stereocenters. The fraction of sp³-hybridized carbons (Fsp3) is 0.500. The van der Waals surface area contributed by atoms with E-state index in [2.05, 4.69) is 24.4 Å². The van der Waals surface area contributed by atoms with Gasteiger partial charge < -0.3 is 5.32 Å². The molecule has 1 fully saturated rings. The molecule has 0 amide bonds. The van der Waals surface area contributed by atoms with Crippen LogP contribution in [-0.4, -0.2) is 6.04 Å². The highest BCUT2D eigenvalue weighted by atomic mass is 19.1. The van der Waals surface area contributed by atoms with E-state index in [-0.39, 0.29) is 5.82 Å². The molecule has 96 valence electrons. The zero-order valence-electron chi connectivity index (χ0n) is 11.0. The number of rotatable bonds is 3. The number of anilines is 1. The normalized spacial score (nSPS) is 30.7.